The van der Waals surface area contributed by atoms with E-state index in [-0.39, 0.29) is 5.41 Å². The van der Waals surface area contributed by atoms with Crippen LogP contribution >= 0.6 is 23.8 Å². The first-order valence-electron chi connectivity index (χ1n) is 15.6. The molecule has 0 saturated carbocycles. The van der Waals surface area contributed by atoms with Gasteiger partial charge in [0.15, 0.2) is 5.11 Å². The van der Waals surface area contributed by atoms with Crippen LogP contribution < -0.4 is 25.3 Å². The smallest absolute Gasteiger partial charge is 0.232 e. The molecular weight excluding hydrogens is 578 g/mol. The van der Waals surface area contributed by atoms with Crippen LogP contribution in [0.4, 0.5) is 23.3 Å². The van der Waals surface area contributed by atoms with Gasteiger partial charge in [-0.15, -0.1) is 0 Å². The zero-order chi connectivity index (χ0) is 29.6. The van der Waals surface area contributed by atoms with Gasteiger partial charge in [-0.25, -0.2) is 0 Å². The maximum absolute atomic E-state index is 6.39. The Balaban J connectivity index is 1.18. The van der Waals surface area contributed by atoms with Gasteiger partial charge in [-0.05, 0) is 81.1 Å². The lowest BCUT2D eigenvalue weighted by Gasteiger charge is -2.38. The van der Waals surface area contributed by atoms with Crippen molar-refractivity contribution >= 4 is 52.2 Å². The monoisotopic (exact) mass is 619 g/mol. The van der Waals surface area contributed by atoms with Crippen molar-refractivity contribution in [1.82, 2.24) is 15.3 Å². The molecule has 3 saturated heterocycles. The third-order valence-corrected chi connectivity index (χ3v) is 9.70. The van der Waals surface area contributed by atoms with Gasteiger partial charge < -0.3 is 30.1 Å². The highest BCUT2D eigenvalue weighted by Gasteiger charge is 2.35. The number of piperidine rings is 1. The SMILES string of the molecule is CC1CCCCN1c1cc(N2CCN(c3ccccc3)CC2)nc(NC(=S)NCC2(c3cccc(Cl)c3)CCOCC2)n1. The first-order valence-corrected chi connectivity index (χ1v) is 16.4. The van der Waals surface area contributed by atoms with Crippen LogP contribution in [0.2, 0.25) is 5.02 Å². The minimum Gasteiger partial charge on any atom is -0.381 e. The van der Waals surface area contributed by atoms with E-state index in [1.165, 1.54) is 30.5 Å². The minimum absolute atomic E-state index is 0.107. The van der Waals surface area contributed by atoms with E-state index in [1.54, 1.807) is 0 Å². The minimum atomic E-state index is -0.107. The van der Waals surface area contributed by atoms with E-state index in [2.05, 4.69) is 80.8 Å². The summed E-state index contributed by atoms with van der Waals surface area (Å²) in [5.74, 6) is 2.45. The Labute approximate surface area is 265 Å². The van der Waals surface area contributed by atoms with Gasteiger partial charge in [-0.2, -0.15) is 9.97 Å². The number of halogens is 1. The molecule has 2 N–H and O–H groups in total. The summed E-state index contributed by atoms with van der Waals surface area (Å²) in [5.41, 5.74) is 2.38. The van der Waals surface area contributed by atoms with Crippen molar-refractivity contribution in [3.05, 3.63) is 71.2 Å². The molecule has 3 aliphatic heterocycles. The Morgan fingerprint density at radius 2 is 1.67 bits per heavy atom. The molecule has 2 aromatic carbocycles. The number of rotatable bonds is 7. The molecule has 1 unspecified atom stereocenters. The molecule has 228 valence electrons. The van der Waals surface area contributed by atoms with Crippen molar-refractivity contribution in [2.45, 2.75) is 50.5 Å². The van der Waals surface area contributed by atoms with Gasteiger partial charge in [0.2, 0.25) is 5.95 Å². The van der Waals surface area contributed by atoms with Crippen LogP contribution in [0.25, 0.3) is 0 Å². The van der Waals surface area contributed by atoms with E-state index >= 15 is 0 Å². The molecule has 0 bridgehead atoms. The number of thiocarbonyl (C=S) groups is 1. The summed E-state index contributed by atoms with van der Waals surface area (Å²) in [6, 6.07) is 21.4. The summed E-state index contributed by atoms with van der Waals surface area (Å²) in [6.07, 6.45) is 5.42. The van der Waals surface area contributed by atoms with Crippen LogP contribution in [-0.4, -0.2) is 73.6 Å². The zero-order valence-electron chi connectivity index (χ0n) is 25.0. The molecule has 4 heterocycles. The lowest BCUT2D eigenvalue weighted by Crippen LogP contribution is -2.47. The van der Waals surface area contributed by atoms with E-state index in [4.69, 9.17) is 38.5 Å². The van der Waals surface area contributed by atoms with Crippen LogP contribution in [0.15, 0.2) is 60.7 Å². The average Bonchev–Trinajstić information content (AvgIpc) is 3.05. The first kappa shape index (κ1) is 29.9. The van der Waals surface area contributed by atoms with Gasteiger partial charge in [-0.1, -0.05) is 41.9 Å². The van der Waals surface area contributed by atoms with Crippen molar-refractivity contribution < 1.29 is 4.74 Å². The van der Waals surface area contributed by atoms with Gasteiger partial charge in [-0.3, -0.25) is 0 Å². The quantitative estimate of drug-likeness (QED) is 0.316. The Morgan fingerprint density at radius 1 is 0.930 bits per heavy atom. The average molecular weight is 620 g/mol. The molecule has 10 heteroatoms. The third kappa shape index (κ3) is 7.16. The highest BCUT2D eigenvalue weighted by atomic mass is 35.5. The van der Waals surface area contributed by atoms with Crippen molar-refractivity contribution in [2.24, 2.45) is 0 Å². The molecule has 3 aliphatic rings. The predicted octanol–water partition coefficient (Wildman–Crippen LogP) is 5.87. The van der Waals surface area contributed by atoms with Gasteiger partial charge in [0, 0.05) is 80.7 Å². The fourth-order valence-corrected chi connectivity index (χ4v) is 6.96. The molecule has 3 aromatic rings. The number of piperazine rings is 1. The fourth-order valence-electron chi connectivity index (χ4n) is 6.60. The molecule has 1 aromatic heterocycles. The maximum atomic E-state index is 6.39. The summed E-state index contributed by atoms with van der Waals surface area (Å²) in [7, 11) is 0. The molecule has 6 rings (SSSR count). The molecule has 8 nitrogen and oxygen atoms in total. The van der Waals surface area contributed by atoms with Crippen LogP contribution in [0.3, 0.4) is 0 Å². The largest absolute Gasteiger partial charge is 0.381 e. The van der Waals surface area contributed by atoms with Gasteiger partial charge in [0.05, 0.1) is 0 Å². The Bertz CT molecular complexity index is 1380. The number of nitrogens with one attached hydrogen (secondary N) is 2. The Kier molecular flexibility index (Phi) is 9.50. The number of ether oxygens (including phenoxy) is 1. The fraction of sp³-hybridized carbons (Fsp3) is 0.485. The molecule has 0 amide bonds. The molecular formula is C33H42ClN7OS. The van der Waals surface area contributed by atoms with Crippen LogP contribution in [-0.2, 0) is 10.2 Å². The standard InChI is InChI=1S/C33H42ClN7OS/c1-25-8-5-6-15-41(25)30-23-29(40-18-16-39(17-19-40)28-11-3-2-4-12-28)36-31(37-30)38-32(43)35-24-33(13-20-42-21-14-33)26-9-7-10-27(34)22-26/h2-4,7,9-12,22-23,25H,5-6,8,13-21,24H2,1H3,(H2,35,36,37,38,43). The molecule has 0 radical (unpaired) electrons. The van der Waals surface area contributed by atoms with Crippen molar-refractivity contribution in [1.29, 1.82) is 0 Å². The topological polar surface area (TPSA) is 68.8 Å². The molecule has 1 atom stereocenters. The number of benzene rings is 2. The van der Waals surface area contributed by atoms with E-state index in [9.17, 15) is 0 Å². The van der Waals surface area contributed by atoms with Crippen molar-refractivity contribution in [3.63, 3.8) is 0 Å². The van der Waals surface area contributed by atoms with E-state index in [1.807, 2.05) is 12.1 Å². The number of anilines is 4. The lowest BCUT2D eigenvalue weighted by atomic mass is 9.74. The Hall–Kier alpha value is -3.14. The second-order valence-corrected chi connectivity index (χ2v) is 12.8. The number of aromatic nitrogens is 2. The summed E-state index contributed by atoms with van der Waals surface area (Å²) < 4.78 is 5.72. The van der Waals surface area contributed by atoms with E-state index in [0.29, 0.717) is 36.9 Å². The van der Waals surface area contributed by atoms with Crippen molar-refractivity contribution in [3.8, 4) is 0 Å². The normalized spacial score (nSPS) is 20.5. The van der Waals surface area contributed by atoms with Gasteiger partial charge in [0.25, 0.3) is 0 Å². The summed E-state index contributed by atoms with van der Waals surface area (Å²) in [4.78, 5) is 17.2. The summed E-state index contributed by atoms with van der Waals surface area (Å²) in [6.45, 7) is 9.10. The molecule has 3 fully saturated rings. The second kappa shape index (κ2) is 13.7. The summed E-state index contributed by atoms with van der Waals surface area (Å²) >= 11 is 12.2. The summed E-state index contributed by atoms with van der Waals surface area (Å²) in [5, 5.41) is 8.12. The van der Waals surface area contributed by atoms with Crippen molar-refractivity contribution in [2.75, 3.05) is 72.5 Å². The van der Waals surface area contributed by atoms with E-state index in [0.717, 1.165) is 62.2 Å². The predicted molar refractivity (Wildman–Crippen MR) is 181 cm³/mol. The highest BCUT2D eigenvalue weighted by Crippen LogP contribution is 2.35. The molecule has 43 heavy (non-hydrogen) atoms. The number of hydrogen-bond acceptors (Lipinski definition) is 7. The van der Waals surface area contributed by atoms with Crippen LogP contribution in [0.1, 0.15) is 44.6 Å². The lowest BCUT2D eigenvalue weighted by molar-refractivity contribution is 0.0515. The zero-order valence-corrected chi connectivity index (χ0v) is 26.5. The highest BCUT2D eigenvalue weighted by molar-refractivity contribution is 7.80. The van der Waals surface area contributed by atoms with Gasteiger partial charge >= 0.3 is 0 Å². The molecule has 0 aliphatic carbocycles. The number of hydrogen-bond donors (Lipinski definition) is 2. The number of para-hydroxylation sites is 1. The number of nitrogens with zero attached hydrogens (tertiary/aromatic N) is 5. The first-order chi connectivity index (χ1) is 21.0. The van der Waals surface area contributed by atoms with Crippen LogP contribution in [0.5, 0.6) is 0 Å². The third-order valence-electron chi connectivity index (χ3n) is 9.22. The maximum Gasteiger partial charge on any atom is 0.232 e. The molecule has 0 spiro atoms. The second-order valence-electron chi connectivity index (χ2n) is 12.0. The Morgan fingerprint density at radius 3 is 2.42 bits per heavy atom. The van der Waals surface area contributed by atoms with Gasteiger partial charge in [0.1, 0.15) is 11.6 Å². The van der Waals surface area contributed by atoms with Crippen LogP contribution in [0, 0.1) is 0 Å². The van der Waals surface area contributed by atoms with E-state index < -0.39 is 0 Å².